The highest BCUT2D eigenvalue weighted by molar-refractivity contribution is 7.14. The molecule has 1 aliphatic rings. The van der Waals surface area contributed by atoms with E-state index in [2.05, 4.69) is 19.6 Å². The van der Waals surface area contributed by atoms with Gasteiger partial charge in [-0.05, 0) is 37.1 Å². The van der Waals surface area contributed by atoms with Crippen LogP contribution in [0.15, 0.2) is 52.1 Å². The maximum absolute atomic E-state index is 13.7. The van der Waals surface area contributed by atoms with Gasteiger partial charge in [0, 0.05) is 26.3 Å². The Labute approximate surface area is 204 Å². The van der Waals surface area contributed by atoms with Crippen LogP contribution in [-0.4, -0.2) is 28.2 Å². The Morgan fingerprint density at radius 1 is 1.03 bits per heavy atom. The molecule has 0 amide bonds. The van der Waals surface area contributed by atoms with E-state index in [9.17, 15) is 9.59 Å². The number of hydrogen-bond acceptors (Lipinski definition) is 5. The topological polar surface area (TPSA) is 66.1 Å². The molecule has 2 heterocycles. The van der Waals surface area contributed by atoms with Crippen molar-refractivity contribution in [2.24, 2.45) is 0 Å². The first-order valence-corrected chi connectivity index (χ1v) is 16.5. The first-order valence-electron chi connectivity index (χ1n) is 12.1. The molecule has 0 saturated heterocycles. The van der Waals surface area contributed by atoms with Crippen LogP contribution in [0.1, 0.15) is 31.7 Å². The van der Waals surface area contributed by atoms with Gasteiger partial charge in [-0.15, -0.1) is 0 Å². The molecule has 6 nitrogen and oxygen atoms in total. The number of fused-ring (bicyclic) bond motifs is 2. The van der Waals surface area contributed by atoms with Gasteiger partial charge in [-0.2, -0.15) is 0 Å². The molecule has 2 aromatic carbocycles. The Bertz CT molecular complexity index is 1460. The average Bonchev–Trinajstić information content (AvgIpc) is 3.45. The maximum Gasteiger partial charge on any atom is 0.279 e. The van der Waals surface area contributed by atoms with Crippen LogP contribution in [0.5, 0.6) is 0 Å². The zero-order chi connectivity index (χ0) is 23.9. The SMILES string of the molecule is C[Si](C)(C)CCOCn1c(=O)c(-c2cccc3c(=O)n(C4CCCC4)sc23)nc2ccccc21. The fourth-order valence-electron chi connectivity index (χ4n) is 4.66. The summed E-state index contributed by atoms with van der Waals surface area (Å²) in [5.74, 6) is 0. The minimum Gasteiger partial charge on any atom is -0.361 e. The van der Waals surface area contributed by atoms with Crippen LogP contribution in [0, 0.1) is 0 Å². The quantitative estimate of drug-likeness (QED) is 0.239. The lowest BCUT2D eigenvalue weighted by Crippen LogP contribution is -2.26. The monoisotopic (exact) mass is 493 g/mol. The second-order valence-electron chi connectivity index (χ2n) is 10.4. The molecule has 2 aromatic heterocycles. The third-order valence-corrected chi connectivity index (χ3v) is 9.60. The molecule has 0 atom stereocenters. The molecule has 0 aliphatic heterocycles. The summed E-state index contributed by atoms with van der Waals surface area (Å²) in [4.78, 5) is 31.7. The Morgan fingerprint density at radius 2 is 1.79 bits per heavy atom. The minimum absolute atomic E-state index is 0.0459. The van der Waals surface area contributed by atoms with Crippen molar-refractivity contribution in [2.45, 2.75) is 64.1 Å². The van der Waals surface area contributed by atoms with Gasteiger partial charge in [0.15, 0.2) is 0 Å². The molecule has 0 unspecified atom stereocenters. The molecular formula is C26H31N3O3SSi. The van der Waals surface area contributed by atoms with Crippen LogP contribution in [-0.2, 0) is 11.5 Å². The molecule has 1 aliphatic carbocycles. The lowest BCUT2D eigenvalue weighted by atomic mass is 10.1. The van der Waals surface area contributed by atoms with Crippen LogP contribution in [0.4, 0.5) is 0 Å². The second kappa shape index (κ2) is 9.24. The molecule has 0 bridgehead atoms. The Hall–Kier alpha value is -2.55. The first kappa shape index (κ1) is 23.2. The van der Waals surface area contributed by atoms with Gasteiger partial charge in [-0.1, -0.05) is 68.3 Å². The van der Waals surface area contributed by atoms with Gasteiger partial charge >= 0.3 is 0 Å². The summed E-state index contributed by atoms with van der Waals surface area (Å²) in [6.45, 7) is 7.76. The van der Waals surface area contributed by atoms with Gasteiger partial charge in [0.2, 0.25) is 0 Å². The number of aromatic nitrogens is 3. The van der Waals surface area contributed by atoms with Gasteiger partial charge < -0.3 is 4.74 Å². The molecule has 0 N–H and O–H groups in total. The molecule has 0 radical (unpaired) electrons. The summed E-state index contributed by atoms with van der Waals surface area (Å²) in [5, 5.41) is 0.668. The van der Waals surface area contributed by atoms with E-state index in [0.29, 0.717) is 17.7 Å². The van der Waals surface area contributed by atoms with Crippen LogP contribution in [0.3, 0.4) is 0 Å². The first-order chi connectivity index (χ1) is 16.3. The third-order valence-electron chi connectivity index (χ3n) is 6.62. The Balaban J connectivity index is 1.61. The van der Waals surface area contributed by atoms with E-state index in [1.807, 2.05) is 46.4 Å². The van der Waals surface area contributed by atoms with Crippen molar-refractivity contribution in [1.29, 1.82) is 0 Å². The van der Waals surface area contributed by atoms with E-state index in [1.54, 1.807) is 4.57 Å². The molecular weight excluding hydrogens is 462 g/mol. The lowest BCUT2D eigenvalue weighted by molar-refractivity contribution is 0.0879. The standard InChI is InChI=1S/C26H31N3O3SSi/c1-34(2,3)16-15-32-17-28-22-14-7-6-13-21(22)27-23(26(28)31)19-11-8-12-20-24(19)33-29(25(20)30)18-9-4-5-10-18/h6-8,11-14,18H,4-5,9-10,15-17H2,1-3H3. The number of rotatable bonds is 7. The van der Waals surface area contributed by atoms with E-state index < -0.39 is 8.07 Å². The molecule has 34 heavy (non-hydrogen) atoms. The van der Waals surface area contributed by atoms with E-state index in [1.165, 1.54) is 11.5 Å². The zero-order valence-corrected chi connectivity index (χ0v) is 21.9. The summed E-state index contributed by atoms with van der Waals surface area (Å²) in [7, 11) is -1.23. The average molecular weight is 494 g/mol. The summed E-state index contributed by atoms with van der Waals surface area (Å²) < 4.78 is 10.4. The van der Waals surface area contributed by atoms with Crippen LogP contribution >= 0.6 is 11.5 Å². The number of hydrogen-bond donors (Lipinski definition) is 0. The van der Waals surface area contributed by atoms with Gasteiger partial charge in [-0.3, -0.25) is 18.1 Å². The summed E-state index contributed by atoms with van der Waals surface area (Å²) in [6, 6.07) is 14.6. The van der Waals surface area contributed by atoms with Crippen molar-refractivity contribution >= 4 is 40.7 Å². The van der Waals surface area contributed by atoms with E-state index in [-0.39, 0.29) is 23.9 Å². The highest BCUT2D eigenvalue weighted by Gasteiger charge is 2.23. The highest BCUT2D eigenvalue weighted by Crippen LogP contribution is 2.35. The molecule has 4 aromatic rings. The largest absolute Gasteiger partial charge is 0.361 e. The third kappa shape index (κ3) is 4.42. The van der Waals surface area contributed by atoms with Crippen LogP contribution in [0.25, 0.3) is 32.4 Å². The van der Waals surface area contributed by atoms with E-state index >= 15 is 0 Å². The summed E-state index contributed by atoms with van der Waals surface area (Å²) in [5.41, 5.74) is 2.46. The normalized spacial score (nSPS) is 15.0. The van der Waals surface area contributed by atoms with Crippen molar-refractivity contribution in [1.82, 2.24) is 13.5 Å². The maximum atomic E-state index is 13.7. The van der Waals surface area contributed by atoms with Crippen molar-refractivity contribution in [3.05, 3.63) is 63.2 Å². The summed E-state index contributed by atoms with van der Waals surface area (Å²) in [6.07, 6.45) is 4.40. The Kier molecular flexibility index (Phi) is 6.31. The molecule has 8 heteroatoms. The van der Waals surface area contributed by atoms with Crippen molar-refractivity contribution in [3.8, 4) is 11.3 Å². The molecule has 0 spiro atoms. The number of ether oxygens (including phenoxy) is 1. The smallest absolute Gasteiger partial charge is 0.279 e. The molecule has 1 fully saturated rings. The predicted molar refractivity (Wildman–Crippen MR) is 143 cm³/mol. The fraction of sp³-hybridized carbons (Fsp3) is 0.423. The fourth-order valence-corrected chi connectivity index (χ4v) is 6.67. The highest BCUT2D eigenvalue weighted by atomic mass is 32.1. The number of para-hydroxylation sites is 2. The second-order valence-corrected chi connectivity index (χ2v) is 17.0. The molecule has 1 saturated carbocycles. The van der Waals surface area contributed by atoms with Gasteiger partial charge in [-0.25, -0.2) is 4.98 Å². The Morgan fingerprint density at radius 3 is 2.56 bits per heavy atom. The van der Waals surface area contributed by atoms with Crippen molar-refractivity contribution in [3.63, 3.8) is 0 Å². The van der Waals surface area contributed by atoms with Crippen LogP contribution in [0.2, 0.25) is 25.7 Å². The van der Waals surface area contributed by atoms with Gasteiger partial charge in [0.1, 0.15) is 12.4 Å². The number of benzene rings is 2. The van der Waals surface area contributed by atoms with Gasteiger partial charge in [0.05, 0.1) is 21.1 Å². The molecule has 178 valence electrons. The van der Waals surface area contributed by atoms with E-state index in [4.69, 9.17) is 9.72 Å². The number of nitrogens with zero attached hydrogens (tertiary/aromatic N) is 3. The minimum atomic E-state index is -1.23. The van der Waals surface area contributed by atoms with Crippen LogP contribution < -0.4 is 11.1 Å². The lowest BCUT2D eigenvalue weighted by Gasteiger charge is -2.17. The molecule has 5 rings (SSSR count). The van der Waals surface area contributed by atoms with Crippen molar-refractivity contribution < 1.29 is 4.74 Å². The van der Waals surface area contributed by atoms with Crippen molar-refractivity contribution in [2.75, 3.05) is 6.61 Å². The zero-order valence-electron chi connectivity index (χ0n) is 20.0. The predicted octanol–water partition coefficient (Wildman–Crippen LogP) is 5.87. The van der Waals surface area contributed by atoms with Gasteiger partial charge in [0.25, 0.3) is 11.1 Å². The summed E-state index contributed by atoms with van der Waals surface area (Å²) >= 11 is 1.48. The van der Waals surface area contributed by atoms with E-state index in [0.717, 1.165) is 53.0 Å².